The number of hydrogen-bond donors (Lipinski definition) is 1. The molecule has 0 aliphatic carbocycles. The number of methoxy groups -OCH3 is 1. The van der Waals surface area contributed by atoms with Gasteiger partial charge in [0.2, 0.25) is 11.7 Å². The Morgan fingerprint density at radius 2 is 2.19 bits per heavy atom. The molecule has 1 amide bonds. The Bertz CT molecular complexity index is 965. The van der Waals surface area contributed by atoms with E-state index in [1.54, 1.807) is 23.6 Å². The molecule has 0 fully saturated rings. The number of hydrogen-bond acceptors (Lipinski definition) is 8. The fourth-order valence-electron chi connectivity index (χ4n) is 2.27. The molecule has 3 aromatic rings. The van der Waals surface area contributed by atoms with Crippen LogP contribution in [0.5, 0.6) is 0 Å². The highest BCUT2D eigenvalue weighted by Crippen LogP contribution is 2.28. The number of esters is 1. The van der Waals surface area contributed by atoms with E-state index in [2.05, 4.69) is 31.4 Å². The van der Waals surface area contributed by atoms with Crippen molar-refractivity contribution in [3.05, 3.63) is 33.8 Å². The predicted molar refractivity (Wildman–Crippen MR) is 106 cm³/mol. The van der Waals surface area contributed by atoms with Crippen molar-refractivity contribution < 1.29 is 18.7 Å². The zero-order chi connectivity index (χ0) is 19.4. The maximum Gasteiger partial charge on any atom is 0.340 e. The summed E-state index contributed by atoms with van der Waals surface area (Å²) in [6, 6.07) is 5.19. The molecular formula is C16H15BrN4O4S2. The quantitative estimate of drug-likeness (QED) is 0.412. The number of thiophene rings is 1. The molecule has 0 aliphatic rings. The standard InChI is InChI=1S/C16H15BrN4O4S2/c1-3-21-13(10-4-5-11(17)25-10)19-20-16(21)27-8-12(22)18-14-9(6-7-26-14)15(23)24-2/h4-7H,3,8H2,1-2H3,(H,18,22). The van der Waals surface area contributed by atoms with Crippen molar-refractivity contribution in [1.82, 2.24) is 14.8 Å². The molecule has 0 saturated carbocycles. The van der Waals surface area contributed by atoms with Gasteiger partial charge in [-0.3, -0.25) is 9.36 Å². The number of carbonyl (C=O) groups excluding carboxylic acids is 2. The van der Waals surface area contributed by atoms with Gasteiger partial charge >= 0.3 is 5.97 Å². The Labute approximate surface area is 171 Å². The number of carbonyl (C=O) groups is 2. The zero-order valence-electron chi connectivity index (χ0n) is 14.4. The van der Waals surface area contributed by atoms with Crippen LogP contribution >= 0.6 is 39.0 Å². The van der Waals surface area contributed by atoms with Crippen LogP contribution in [-0.4, -0.2) is 39.5 Å². The van der Waals surface area contributed by atoms with Gasteiger partial charge in [0, 0.05) is 6.54 Å². The normalized spacial score (nSPS) is 10.8. The molecule has 3 aromatic heterocycles. The van der Waals surface area contributed by atoms with Gasteiger partial charge in [0.15, 0.2) is 15.6 Å². The lowest BCUT2D eigenvalue weighted by Gasteiger charge is -2.07. The third-order valence-corrected chi connectivity index (χ3v) is 5.71. The first-order valence-electron chi connectivity index (χ1n) is 7.80. The van der Waals surface area contributed by atoms with Crippen LogP contribution in [0.4, 0.5) is 5.00 Å². The van der Waals surface area contributed by atoms with E-state index in [4.69, 9.17) is 9.15 Å². The maximum atomic E-state index is 12.3. The second-order valence-electron chi connectivity index (χ2n) is 5.15. The summed E-state index contributed by atoms with van der Waals surface area (Å²) in [6.45, 7) is 2.59. The fraction of sp³-hybridized carbons (Fsp3) is 0.250. The summed E-state index contributed by atoms with van der Waals surface area (Å²) in [6.07, 6.45) is 0. The minimum absolute atomic E-state index is 0.124. The monoisotopic (exact) mass is 470 g/mol. The number of thioether (sulfide) groups is 1. The van der Waals surface area contributed by atoms with Crippen molar-refractivity contribution in [3.63, 3.8) is 0 Å². The number of halogens is 1. The summed E-state index contributed by atoms with van der Waals surface area (Å²) >= 11 is 5.79. The number of ether oxygens (including phenoxy) is 1. The first kappa shape index (κ1) is 19.6. The van der Waals surface area contributed by atoms with Gasteiger partial charge in [-0.25, -0.2) is 4.79 Å². The molecule has 0 spiro atoms. The summed E-state index contributed by atoms with van der Waals surface area (Å²) in [5, 5.41) is 13.8. The van der Waals surface area contributed by atoms with E-state index in [1.807, 2.05) is 11.5 Å². The van der Waals surface area contributed by atoms with Crippen molar-refractivity contribution in [2.45, 2.75) is 18.6 Å². The van der Waals surface area contributed by atoms with Gasteiger partial charge in [0.05, 0.1) is 18.4 Å². The van der Waals surface area contributed by atoms with E-state index in [1.165, 1.54) is 30.2 Å². The number of nitrogens with zero attached hydrogens (tertiary/aromatic N) is 3. The minimum Gasteiger partial charge on any atom is -0.465 e. The average molecular weight is 471 g/mol. The van der Waals surface area contributed by atoms with Crippen molar-refractivity contribution in [2.24, 2.45) is 0 Å². The average Bonchev–Trinajstić information content (AvgIpc) is 3.38. The van der Waals surface area contributed by atoms with Crippen molar-refractivity contribution >= 4 is 55.9 Å². The lowest BCUT2D eigenvalue weighted by molar-refractivity contribution is -0.113. The van der Waals surface area contributed by atoms with E-state index >= 15 is 0 Å². The van der Waals surface area contributed by atoms with Crippen LogP contribution in [0, 0.1) is 0 Å². The van der Waals surface area contributed by atoms with Crippen LogP contribution in [0.3, 0.4) is 0 Å². The Balaban J connectivity index is 1.67. The Kier molecular flexibility index (Phi) is 6.34. The van der Waals surface area contributed by atoms with E-state index < -0.39 is 5.97 Å². The molecule has 1 N–H and O–H groups in total. The van der Waals surface area contributed by atoms with Gasteiger partial charge < -0.3 is 14.5 Å². The minimum atomic E-state index is -0.487. The molecule has 0 aromatic carbocycles. The zero-order valence-corrected chi connectivity index (χ0v) is 17.6. The lowest BCUT2D eigenvalue weighted by atomic mass is 10.3. The van der Waals surface area contributed by atoms with E-state index in [9.17, 15) is 9.59 Å². The summed E-state index contributed by atoms with van der Waals surface area (Å²) in [5.41, 5.74) is 0.336. The summed E-state index contributed by atoms with van der Waals surface area (Å²) in [4.78, 5) is 23.9. The summed E-state index contributed by atoms with van der Waals surface area (Å²) in [5.74, 6) is 0.573. The lowest BCUT2D eigenvalue weighted by Crippen LogP contribution is -2.16. The van der Waals surface area contributed by atoms with Crippen molar-refractivity contribution in [3.8, 4) is 11.6 Å². The van der Waals surface area contributed by atoms with E-state index in [0.717, 1.165) is 0 Å². The molecule has 0 radical (unpaired) electrons. The highest BCUT2D eigenvalue weighted by molar-refractivity contribution is 9.10. The van der Waals surface area contributed by atoms with Gasteiger partial charge in [-0.1, -0.05) is 11.8 Å². The van der Waals surface area contributed by atoms with Crippen LogP contribution in [0.1, 0.15) is 17.3 Å². The van der Waals surface area contributed by atoms with Crippen LogP contribution in [0.15, 0.2) is 37.8 Å². The Morgan fingerprint density at radius 1 is 1.37 bits per heavy atom. The highest BCUT2D eigenvalue weighted by atomic mass is 79.9. The van der Waals surface area contributed by atoms with Crippen LogP contribution < -0.4 is 5.32 Å². The Hall–Kier alpha value is -2.11. The number of furan rings is 1. The topological polar surface area (TPSA) is 99.2 Å². The smallest absolute Gasteiger partial charge is 0.340 e. The predicted octanol–water partition coefficient (Wildman–Crippen LogP) is 3.90. The molecule has 3 heterocycles. The summed E-state index contributed by atoms with van der Waals surface area (Å²) < 4.78 is 12.7. The first-order chi connectivity index (χ1) is 13.0. The maximum absolute atomic E-state index is 12.3. The van der Waals surface area contributed by atoms with Gasteiger partial charge in [-0.05, 0) is 46.4 Å². The van der Waals surface area contributed by atoms with Gasteiger partial charge in [0.1, 0.15) is 5.00 Å². The first-order valence-corrected chi connectivity index (χ1v) is 10.5. The van der Waals surface area contributed by atoms with Crippen LogP contribution in [0.2, 0.25) is 0 Å². The number of anilines is 1. The third-order valence-electron chi connectivity index (χ3n) is 3.48. The molecule has 0 atom stereocenters. The van der Waals surface area contributed by atoms with E-state index in [-0.39, 0.29) is 11.7 Å². The SMILES string of the molecule is CCn1c(SCC(=O)Nc2sccc2C(=O)OC)nnc1-c1ccc(Br)o1. The van der Waals surface area contributed by atoms with Gasteiger partial charge in [-0.2, -0.15) is 0 Å². The van der Waals surface area contributed by atoms with E-state index in [0.29, 0.717) is 38.5 Å². The molecule has 11 heteroatoms. The molecule has 142 valence electrons. The van der Waals surface area contributed by atoms with Crippen LogP contribution in [0.25, 0.3) is 11.6 Å². The summed E-state index contributed by atoms with van der Waals surface area (Å²) in [7, 11) is 1.30. The molecule has 8 nitrogen and oxygen atoms in total. The molecule has 3 rings (SSSR count). The molecule has 27 heavy (non-hydrogen) atoms. The largest absolute Gasteiger partial charge is 0.465 e. The van der Waals surface area contributed by atoms with Crippen molar-refractivity contribution in [2.75, 3.05) is 18.2 Å². The molecule has 0 bridgehead atoms. The Morgan fingerprint density at radius 3 is 2.85 bits per heavy atom. The molecule has 0 aliphatic heterocycles. The third kappa shape index (κ3) is 4.42. The number of aromatic nitrogens is 3. The van der Waals surface area contributed by atoms with Gasteiger partial charge in [-0.15, -0.1) is 21.5 Å². The van der Waals surface area contributed by atoms with Crippen molar-refractivity contribution in [1.29, 1.82) is 0 Å². The van der Waals surface area contributed by atoms with Crippen LogP contribution in [-0.2, 0) is 16.1 Å². The number of rotatable bonds is 7. The number of amides is 1. The van der Waals surface area contributed by atoms with Gasteiger partial charge in [0.25, 0.3) is 0 Å². The second-order valence-corrected chi connectivity index (χ2v) is 7.79. The number of nitrogens with one attached hydrogen (secondary N) is 1. The second kappa shape index (κ2) is 8.72. The fourth-order valence-corrected chi connectivity index (χ4v) is 4.17. The highest BCUT2D eigenvalue weighted by Gasteiger charge is 2.19. The molecule has 0 unspecified atom stereocenters. The molecule has 0 saturated heterocycles. The molecular weight excluding hydrogens is 456 g/mol.